The van der Waals surface area contributed by atoms with Crippen molar-refractivity contribution in [3.05, 3.63) is 42.0 Å². The van der Waals surface area contributed by atoms with Crippen LogP contribution in [0.4, 0.5) is 10.5 Å². The van der Waals surface area contributed by atoms with Gasteiger partial charge >= 0.3 is 12.0 Å². The van der Waals surface area contributed by atoms with Crippen LogP contribution < -0.4 is 32.3 Å². The number of benzene rings is 1. The van der Waals surface area contributed by atoms with E-state index in [1.807, 2.05) is 0 Å². The number of aliphatic hydroxyl groups is 1. The van der Waals surface area contributed by atoms with Gasteiger partial charge in [0.05, 0.1) is 13.7 Å². The van der Waals surface area contributed by atoms with Gasteiger partial charge in [-0.25, -0.2) is 9.59 Å². The molecule has 0 spiro atoms. The number of carbonyl (C=O) groups excluding carboxylic acids is 6. The van der Waals surface area contributed by atoms with Gasteiger partial charge in [-0.1, -0.05) is 32.4 Å². The molecular formula is C29H44N6O8. The van der Waals surface area contributed by atoms with Crippen molar-refractivity contribution >= 4 is 41.3 Å². The van der Waals surface area contributed by atoms with Gasteiger partial charge in [-0.3, -0.25) is 19.2 Å². The zero-order valence-corrected chi connectivity index (χ0v) is 24.9. The van der Waals surface area contributed by atoms with Gasteiger partial charge in [0.25, 0.3) is 0 Å². The van der Waals surface area contributed by atoms with Gasteiger partial charge in [-0.2, -0.15) is 0 Å². The normalized spacial score (nSPS) is 12.2. The minimum absolute atomic E-state index is 0.141. The standard InChI is InChI=1S/C29H44N6O8/c1-19(2)26(35-24(38)9-5-4-6-16-31-23(37)14-15-25(39)43-3)28(41)34-22(8-7-17-32-29(30)42)27(40)33-21-12-10-20(18-36)11-13-21/h10-15,19,22,26,36H,4-9,16-18H2,1-3H3,(H,31,37)(H,33,40)(H,34,41)(H,35,38)(H3,30,32,42)/b15-14-/t22-,26-/m0/s1. The summed E-state index contributed by atoms with van der Waals surface area (Å²) in [7, 11) is 1.21. The summed E-state index contributed by atoms with van der Waals surface area (Å²) in [6, 6.07) is 4.02. The molecule has 2 atom stereocenters. The second-order valence-corrected chi connectivity index (χ2v) is 10.1. The molecular weight excluding hydrogens is 560 g/mol. The first-order valence-corrected chi connectivity index (χ1v) is 14.1. The Bertz CT molecular complexity index is 1110. The van der Waals surface area contributed by atoms with E-state index < -0.39 is 41.8 Å². The van der Waals surface area contributed by atoms with Gasteiger partial charge in [-0.05, 0) is 49.3 Å². The molecule has 0 aromatic heterocycles. The van der Waals surface area contributed by atoms with Crippen molar-refractivity contribution in [3.63, 3.8) is 0 Å². The Balaban J connectivity index is 2.66. The number of urea groups is 1. The van der Waals surface area contributed by atoms with E-state index in [4.69, 9.17) is 5.73 Å². The lowest BCUT2D eigenvalue weighted by atomic mass is 10.0. The molecule has 0 aliphatic rings. The van der Waals surface area contributed by atoms with E-state index in [2.05, 4.69) is 31.3 Å². The van der Waals surface area contributed by atoms with Crippen LogP contribution in [-0.2, 0) is 35.3 Å². The molecule has 238 valence electrons. The number of ether oxygens (including phenoxy) is 1. The van der Waals surface area contributed by atoms with Crippen molar-refractivity contribution in [2.24, 2.45) is 11.7 Å². The van der Waals surface area contributed by atoms with Crippen LogP contribution in [0.15, 0.2) is 36.4 Å². The Kier molecular flexibility index (Phi) is 17.4. The molecule has 0 unspecified atom stereocenters. The smallest absolute Gasteiger partial charge is 0.330 e. The van der Waals surface area contributed by atoms with E-state index in [0.717, 1.165) is 12.2 Å². The van der Waals surface area contributed by atoms with Crippen LogP contribution in [0.3, 0.4) is 0 Å². The first-order valence-electron chi connectivity index (χ1n) is 14.1. The highest BCUT2D eigenvalue weighted by Crippen LogP contribution is 2.12. The molecule has 14 heteroatoms. The van der Waals surface area contributed by atoms with Crippen LogP contribution in [0.5, 0.6) is 0 Å². The fourth-order valence-corrected chi connectivity index (χ4v) is 3.82. The number of nitrogens with two attached hydrogens (primary N) is 1. The Morgan fingerprint density at radius 3 is 2.16 bits per heavy atom. The van der Waals surface area contributed by atoms with Crippen LogP contribution in [0.1, 0.15) is 57.9 Å². The van der Waals surface area contributed by atoms with Crippen molar-refractivity contribution in [2.75, 3.05) is 25.5 Å². The van der Waals surface area contributed by atoms with Gasteiger partial charge in [-0.15, -0.1) is 0 Å². The van der Waals surface area contributed by atoms with Crippen molar-refractivity contribution < 1.29 is 38.6 Å². The zero-order valence-electron chi connectivity index (χ0n) is 24.9. The summed E-state index contributed by atoms with van der Waals surface area (Å²) in [6.07, 6.45) is 4.60. The third-order valence-electron chi connectivity index (χ3n) is 6.22. The Labute approximate surface area is 251 Å². The van der Waals surface area contributed by atoms with Crippen LogP contribution >= 0.6 is 0 Å². The largest absolute Gasteiger partial charge is 0.466 e. The van der Waals surface area contributed by atoms with E-state index in [1.165, 1.54) is 7.11 Å². The van der Waals surface area contributed by atoms with Crippen molar-refractivity contribution in [1.29, 1.82) is 0 Å². The number of amides is 6. The summed E-state index contributed by atoms with van der Waals surface area (Å²) in [6.45, 7) is 3.98. The summed E-state index contributed by atoms with van der Waals surface area (Å²) in [5.41, 5.74) is 6.25. The Morgan fingerprint density at radius 1 is 0.884 bits per heavy atom. The number of aliphatic hydroxyl groups excluding tert-OH is 1. The summed E-state index contributed by atoms with van der Waals surface area (Å²) >= 11 is 0. The minimum atomic E-state index is -0.962. The molecule has 6 amide bonds. The summed E-state index contributed by atoms with van der Waals surface area (Å²) < 4.78 is 4.41. The van der Waals surface area contributed by atoms with E-state index in [-0.39, 0.29) is 37.8 Å². The molecule has 0 fully saturated rings. The second-order valence-electron chi connectivity index (χ2n) is 10.1. The van der Waals surface area contributed by atoms with Crippen LogP contribution in [0, 0.1) is 5.92 Å². The number of carbonyl (C=O) groups is 6. The first kappa shape index (κ1) is 36.6. The highest BCUT2D eigenvalue weighted by molar-refractivity contribution is 5.98. The fraction of sp³-hybridized carbons (Fsp3) is 0.517. The van der Waals surface area contributed by atoms with E-state index >= 15 is 0 Å². The van der Waals surface area contributed by atoms with E-state index in [9.17, 15) is 33.9 Å². The Morgan fingerprint density at radius 2 is 1.56 bits per heavy atom. The molecule has 1 aromatic carbocycles. The van der Waals surface area contributed by atoms with E-state index in [1.54, 1.807) is 38.1 Å². The molecule has 43 heavy (non-hydrogen) atoms. The number of esters is 1. The molecule has 14 nitrogen and oxygen atoms in total. The van der Waals surface area contributed by atoms with E-state index in [0.29, 0.717) is 43.5 Å². The van der Waals surface area contributed by atoms with Crippen LogP contribution in [0.2, 0.25) is 0 Å². The monoisotopic (exact) mass is 604 g/mol. The van der Waals surface area contributed by atoms with Gasteiger partial charge in [0.1, 0.15) is 12.1 Å². The maximum Gasteiger partial charge on any atom is 0.330 e. The SMILES string of the molecule is COC(=O)/C=C\C(=O)NCCCCCC(=O)N[C@H](C(=O)N[C@@H](CCCNC(N)=O)C(=O)Nc1ccc(CO)cc1)C(C)C. The predicted octanol–water partition coefficient (Wildman–Crippen LogP) is 0.597. The molecule has 0 saturated heterocycles. The minimum Gasteiger partial charge on any atom is -0.466 e. The first-order chi connectivity index (χ1) is 20.5. The predicted molar refractivity (Wildman–Crippen MR) is 159 cm³/mol. The number of methoxy groups -OCH3 is 1. The third-order valence-corrected chi connectivity index (χ3v) is 6.22. The fourth-order valence-electron chi connectivity index (χ4n) is 3.82. The number of hydrogen-bond donors (Lipinski definition) is 7. The lowest BCUT2D eigenvalue weighted by Crippen LogP contribution is -2.54. The third kappa shape index (κ3) is 15.9. The Hall–Kier alpha value is -4.46. The van der Waals surface area contributed by atoms with Crippen molar-refractivity contribution in [2.45, 2.75) is 71.1 Å². The summed E-state index contributed by atoms with van der Waals surface area (Å²) in [4.78, 5) is 72.5. The summed E-state index contributed by atoms with van der Waals surface area (Å²) in [5, 5.41) is 22.5. The maximum absolute atomic E-state index is 13.2. The van der Waals surface area contributed by atoms with Crippen molar-refractivity contribution in [3.8, 4) is 0 Å². The molecule has 1 rings (SSSR count). The molecule has 0 radical (unpaired) electrons. The van der Waals surface area contributed by atoms with Crippen molar-refractivity contribution in [1.82, 2.24) is 21.3 Å². The zero-order chi connectivity index (χ0) is 32.2. The molecule has 0 saturated carbocycles. The summed E-state index contributed by atoms with van der Waals surface area (Å²) in [5.74, 6) is -2.66. The molecule has 0 heterocycles. The maximum atomic E-state index is 13.2. The van der Waals surface area contributed by atoms with Gasteiger partial charge in [0.2, 0.25) is 23.6 Å². The quantitative estimate of drug-likeness (QED) is 0.0672. The van der Waals surface area contributed by atoms with Gasteiger partial charge in [0.15, 0.2) is 0 Å². The van der Waals surface area contributed by atoms with Crippen LogP contribution in [0.25, 0.3) is 0 Å². The molecule has 0 aliphatic heterocycles. The number of primary amides is 1. The lowest BCUT2D eigenvalue weighted by Gasteiger charge is -2.25. The molecule has 8 N–H and O–H groups in total. The number of anilines is 1. The highest BCUT2D eigenvalue weighted by atomic mass is 16.5. The number of hydrogen-bond acceptors (Lipinski definition) is 8. The topological polar surface area (TPSA) is 218 Å². The number of rotatable bonds is 19. The molecule has 0 bridgehead atoms. The molecule has 1 aromatic rings. The molecule has 0 aliphatic carbocycles. The number of unbranched alkanes of at least 4 members (excludes halogenated alkanes) is 2. The van der Waals surface area contributed by atoms with Gasteiger partial charge < -0.3 is 42.2 Å². The average Bonchev–Trinajstić information content (AvgIpc) is 2.97. The van der Waals surface area contributed by atoms with Gasteiger partial charge in [0, 0.05) is 37.3 Å². The highest BCUT2D eigenvalue weighted by Gasteiger charge is 2.28. The average molecular weight is 605 g/mol. The second kappa shape index (κ2) is 20.4. The number of nitrogens with one attached hydrogen (secondary N) is 5. The lowest BCUT2D eigenvalue weighted by molar-refractivity contribution is -0.135. The van der Waals surface area contributed by atoms with Crippen LogP contribution in [-0.4, -0.2) is 73.0 Å².